The second kappa shape index (κ2) is 5.27. The van der Waals surface area contributed by atoms with Gasteiger partial charge in [-0.05, 0) is 36.6 Å². The van der Waals surface area contributed by atoms with Gasteiger partial charge in [0.2, 0.25) is 5.95 Å². The molecule has 122 valence electrons. The molecule has 2 bridgehead atoms. The number of hydrogen-bond acceptors (Lipinski definition) is 6. The van der Waals surface area contributed by atoms with Crippen LogP contribution in [0.25, 0.3) is 0 Å². The number of aliphatic imine (C=N–C) groups is 1. The molecule has 1 aromatic carbocycles. The molecule has 2 N–H and O–H groups in total. The second-order valence-corrected chi connectivity index (χ2v) is 6.82. The quantitative estimate of drug-likeness (QED) is 0.906. The fourth-order valence-corrected chi connectivity index (χ4v) is 3.81. The molecule has 4 heterocycles. The lowest BCUT2D eigenvalue weighted by Crippen LogP contribution is -2.68. The van der Waals surface area contributed by atoms with E-state index in [4.69, 9.17) is 4.98 Å². The molecule has 1 aromatic heterocycles. The Hall–Kier alpha value is -2.47. The summed E-state index contributed by atoms with van der Waals surface area (Å²) in [6.45, 7) is 4.89. The lowest BCUT2D eigenvalue weighted by molar-refractivity contribution is 0.258. The van der Waals surface area contributed by atoms with Crippen LogP contribution in [0.4, 0.5) is 17.5 Å². The zero-order valence-corrected chi connectivity index (χ0v) is 13.7. The number of piperidine rings is 1. The molecule has 0 saturated carbocycles. The van der Waals surface area contributed by atoms with Crippen molar-refractivity contribution in [3.63, 3.8) is 0 Å². The maximum absolute atomic E-state index is 4.81. The molecular weight excluding hydrogens is 300 g/mol. The van der Waals surface area contributed by atoms with E-state index >= 15 is 0 Å². The van der Waals surface area contributed by atoms with Gasteiger partial charge >= 0.3 is 0 Å². The highest BCUT2D eigenvalue weighted by molar-refractivity contribution is 5.86. The van der Waals surface area contributed by atoms with Crippen molar-refractivity contribution in [1.29, 1.82) is 0 Å². The molecule has 3 aliphatic heterocycles. The van der Waals surface area contributed by atoms with Crippen molar-refractivity contribution in [3.8, 4) is 0 Å². The van der Waals surface area contributed by atoms with Gasteiger partial charge in [0.15, 0.2) is 0 Å². The largest absolute Gasteiger partial charge is 0.340 e. The zero-order valence-electron chi connectivity index (χ0n) is 13.7. The molecule has 24 heavy (non-hydrogen) atoms. The summed E-state index contributed by atoms with van der Waals surface area (Å²) in [5.74, 6) is 1.72. The Labute approximate surface area is 141 Å². The van der Waals surface area contributed by atoms with Gasteiger partial charge in [0.1, 0.15) is 5.82 Å². The summed E-state index contributed by atoms with van der Waals surface area (Å²) in [5.41, 5.74) is 4.56. The van der Waals surface area contributed by atoms with E-state index in [9.17, 15) is 0 Å². The Morgan fingerprint density at radius 2 is 2.12 bits per heavy atom. The van der Waals surface area contributed by atoms with Crippen LogP contribution in [-0.2, 0) is 6.54 Å². The first kappa shape index (κ1) is 13.9. The number of benzene rings is 1. The van der Waals surface area contributed by atoms with Gasteiger partial charge in [-0.15, -0.1) is 0 Å². The van der Waals surface area contributed by atoms with Crippen molar-refractivity contribution in [2.24, 2.45) is 4.99 Å². The molecular formula is C18H20N6. The van der Waals surface area contributed by atoms with E-state index in [1.807, 2.05) is 19.3 Å². The zero-order chi connectivity index (χ0) is 16.1. The van der Waals surface area contributed by atoms with Gasteiger partial charge in [-0.25, -0.2) is 4.98 Å². The Balaban J connectivity index is 1.43. The molecule has 3 aliphatic rings. The summed E-state index contributed by atoms with van der Waals surface area (Å²) in [7, 11) is 0. The predicted molar refractivity (Wildman–Crippen MR) is 95.3 cm³/mol. The molecule has 0 aliphatic carbocycles. The summed E-state index contributed by atoms with van der Waals surface area (Å²) in [6.07, 6.45) is 5.10. The lowest BCUT2D eigenvalue weighted by Gasteiger charge is -2.53. The molecule has 2 aromatic rings. The summed E-state index contributed by atoms with van der Waals surface area (Å²) in [4.78, 5) is 16.0. The maximum atomic E-state index is 4.81. The average Bonchev–Trinajstić information content (AvgIpc) is 3.06. The van der Waals surface area contributed by atoms with Crippen molar-refractivity contribution in [1.82, 2.24) is 15.3 Å². The Kier molecular flexibility index (Phi) is 3.06. The topological polar surface area (TPSA) is 65.4 Å². The standard InChI is InChI=1S/C18H20N6/c1-11-6-21-18(24-15-5-16(24)10-20-9-15)23-17(11)22-14-3-2-12-7-19-8-13(12)4-14/h2-4,6,8,15-16,20H,5,7,9-10H2,1H3,(H,21,22,23). The van der Waals surface area contributed by atoms with Crippen molar-refractivity contribution in [2.75, 3.05) is 23.3 Å². The van der Waals surface area contributed by atoms with Crippen molar-refractivity contribution in [2.45, 2.75) is 32.0 Å². The van der Waals surface area contributed by atoms with Gasteiger partial charge in [-0.3, -0.25) is 4.99 Å². The lowest BCUT2D eigenvalue weighted by atomic mass is 9.89. The fraction of sp³-hybridized carbons (Fsp3) is 0.389. The molecule has 2 atom stereocenters. The monoisotopic (exact) mass is 320 g/mol. The van der Waals surface area contributed by atoms with Gasteiger partial charge < -0.3 is 15.5 Å². The normalized spacial score (nSPS) is 23.8. The van der Waals surface area contributed by atoms with E-state index in [0.717, 1.165) is 42.7 Å². The third-order valence-corrected chi connectivity index (χ3v) is 5.18. The Morgan fingerprint density at radius 3 is 2.96 bits per heavy atom. The van der Waals surface area contributed by atoms with Crippen molar-refractivity contribution in [3.05, 3.63) is 41.1 Å². The van der Waals surface area contributed by atoms with Crippen LogP contribution >= 0.6 is 0 Å². The van der Waals surface area contributed by atoms with Gasteiger partial charge in [-0.1, -0.05) is 6.07 Å². The minimum atomic E-state index is 0.538. The summed E-state index contributed by atoms with van der Waals surface area (Å²) >= 11 is 0. The number of fused-ring (bicyclic) bond motifs is 3. The Morgan fingerprint density at radius 1 is 1.25 bits per heavy atom. The number of aromatic nitrogens is 2. The predicted octanol–water partition coefficient (Wildman–Crippen LogP) is 2.01. The molecule has 0 spiro atoms. The van der Waals surface area contributed by atoms with E-state index in [0.29, 0.717) is 12.1 Å². The van der Waals surface area contributed by atoms with E-state index < -0.39 is 0 Å². The van der Waals surface area contributed by atoms with E-state index in [-0.39, 0.29) is 0 Å². The van der Waals surface area contributed by atoms with Crippen molar-refractivity contribution >= 4 is 23.7 Å². The van der Waals surface area contributed by atoms with Gasteiger partial charge in [-0.2, -0.15) is 4.98 Å². The highest BCUT2D eigenvalue weighted by atomic mass is 15.4. The number of nitrogens with zero attached hydrogens (tertiary/aromatic N) is 4. The van der Waals surface area contributed by atoms with Gasteiger partial charge in [0.25, 0.3) is 0 Å². The molecule has 5 rings (SSSR count). The third-order valence-electron chi connectivity index (χ3n) is 5.18. The molecule has 2 unspecified atom stereocenters. The highest BCUT2D eigenvalue weighted by Crippen LogP contribution is 2.33. The van der Waals surface area contributed by atoms with Crippen LogP contribution in [0.5, 0.6) is 0 Å². The van der Waals surface area contributed by atoms with Crippen LogP contribution in [0.15, 0.2) is 29.4 Å². The first-order valence-electron chi connectivity index (χ1n) is 8.50. The number of rotatable bonds is 3. The first-order chi connectivity index (χ1) is 11.8. The molecule has 2 saturated heterocycles. The molecule has 6 nitrogen and oxygen atoms in total. The maximum Gasteiger partial charge on any atom is 0.227 e. The summed E-state index contributed by atoms with van der Waals surface area (Å²) < 4.78 is 0. The minimum Gasteiger partial charge on any atom is -0.340 e. The van der Waals surface area contributed by atoms with Crippen LogP contribution in [-0.4, -0.2) is 41.4 Å². The molecule has 0 amide bonds. The van der Waals surface area contributed by atoms with Crippen LogP contribution in [0, 0.1) is 6.92 Å². The number of anilines is 3. The van der Waals surface area contributed by atoms with E-state index in [1.165, 1.54) is 17.5 Å². The number of piperazine rings is 1. The third kappa shape index (κ3) is 2.17. The van der Waals surface area contributed by atoms with Crippen molar-refractivity contribution < 1.29 is 0 Å². The van der Waals surface area contributed by atoms with Gasteiger partial charge in [0.05, 0.1) is 6.54 Å². The SMILES string of the molecule is Cc1cnc(N2C3CNCC2C3)nc1Nc1ccc2c(c1)C=NC2. The van der Waals surface area contributed by atoms with E-state index in [1.54, 1.807) is 0 Å². The van der Waals surface area contributed by atoms with Crippen LogP contribution in [0.2, 0.25) is 0 Å². The smallest absolute Gasteiger partial charge is 0.227 e. The molecule has 0 radical (unpaired) electrons. The Bertz CT molecular complexity index is 816. The van der Waals surface area contributed by atoms with Crippen LogP contribution in [0.3, 0.4) is 0 Å². The number of hydrogen-bond donors (Lipinski definition) is 2. The summed E-state index contributed by atoms with van der Waals surface area (Å²) in [5, 5.41) is 6.90. The minimum absolute atomic E-state index is 0.538. The molecule has 6 heteroatoms. The second-order valence-electron chi connectivity index (χ2n) is 6.82. The first-order valence-corrected chi connectivity index (χ1v) is 8.50. The fourth-order valence-electron chi connectivity index (χ4n) is 3.81. The highest BCUT2D eigenvalue weighted by Gasteiger charge is 2.42. The van der Waals surface area contributed by atoms with Crippen LogP contribution in [0.1, 0.15) is 23.1 Å². The molecule has 2 fully saturated rings. The van der Waals surface area contributed by atoms with Crippen LogP contribution < -0.4 is 15.5 Å². The number of nitrogens with one attached hydrogen (secondary N) is 2. The number of aryl methyl sites for hydroxylation is 1. The van der Waals surface area contributed by atoms with E-state index in [2.05, 4.69) is 43.7 Å². The summed E-state index contributed by atoms with van der Waals surface area (Å²) in [6, 6.07) is 7.44. The average molecular weight is 320 g/mol. The van der Waals surface area contributed by atoms with Gasteiger partial charge in [0, 0.05) is 48.8 Å².